The molecule has 2 atom stereocenters. The van der Waals surface area contributed by atoms with E-state index < -0.39 is 0 Å². The van der Waals surface area contributed by atoms with E-state index in [2.05, 4.69) is 19.2 Å². The molecular formula is C21H26N2O3. The van der Waals surface area contributed by atoms with Crippen molar-refractivity contribution in [3.8, 4) is 0 Å². The molecule has 1 N–H and O–H groups in total. The maximum atomic E-state index is 12.9. The number of anilines is 1. The van der Waals surface area contributed by atoms with E-state index in [4.69, 9.17) is 4.42 Å². The third-order valence-electron chi connectivity index (χ3n) is 4.99. The first-order valence-corrected chi connectivity index (χ1v) is 9.10. The molecule has 2 amide bonds. The number of piperidine rings is 1. The molecule has 3 rings (SSSR count). The molecule has 0 bridgehead atoms. The molecule has 2 heterocycles. The van der Waals surface area contributed by atoms with E-state index in [0.717, 1.165) is 25.1 Å². The second-order valence-corrected chi connectivity index (χ2v) is 7.53. The number of carbonyl (C=O) groups is 2. The zero-order valence-electron chi connectivity index (χ0n) is 15.8. The summed E-state index contributed by atoms with van der Waals surface area (Å²) in [4.78, 5) is 27.3. The molecule has 1 aliphatic heterocycles. The van der Waals surface area contributed by atoms with Gasteiger partial charge < -0.3 is 14.6 Å². The first-order valence-electron chi connectivity index (χ1n) is 9.10. The summed E-state index contributed by atoms with van der Waals surface area (Å²) in [5.74, 6) is 1.39. The number of likely N-dealkylation sites (tertiary alicyclic amines) is 1. The minimum atomic E-state index is -0.232. The molecule has 0 saturated carbocycles. The number of nitrogens with one attached hydrogen (secondary N) is 1. The second-order valence-electron chi connectivity index (χ2n) is 7.53. The van der Waals surface area contributed by atoms with Gasteiger partial charge in [-0.15, -0.1) is 0 Å². The Hall–Kier alpha value is -2.56. The Morgan fingerprint density at radius 1 is 1.12 bits per heavy atom. The number of aryl methyl sites for hydroxylation is 2. The molecule has 0 unspecified atom stereocenters. The maximum absolute atomic E-state index is 12.9. The van der Waals surface area contributed by atoms with Gasteiger partial charge in [-0.1, -0.05) is 19.9 Å². The lowest BCUT2D eigenvalue weighted by molar-refractivity contribution is 0.0623. The minimum Gasteiger partial charge on any atom is -0.469 e. The van der Waals surface area contributed by atoms with Crippen LogP contribution in [-0.4, -0.2) is 29.8 Å². The van der Waals surface area contributed by atoms with Crippen LogP contribution in [0.25, 0.3) is 0 Å². The highest BCUT2D eigenvalue weighted by Gasteiger charge is 2.26. The standard InChI is InChI=1S/C21H26N2O3/c1-13-9-14(2)12-23(11-13)21(25)17-6-5-15(3)19(10-17)22-20(24)18-7-8-26-16(18)4/h5-8,10,13-14H,9,11-12H2,1-4H3,(H,22,24)/t13-,14+. The SMILES string of the molecule is Cc1ccc(C(=O)N2C[C@H](C)C[C@H](C)C2)cc1NC(=O)c1ccoc1C. The van der Waals surface area contributed by atoms with Crippen LogP contribution in [0.4, 0.5) is 5.69 Å². The molecule has 1 aliphatic rings. The summed E-state index contributed by atoms with van der Waals surface area (Å²) in [6, 6.07) is 7.13. The molecule has 2 aromatic rings. The van der Waals surface area contributed by atoms with E-state index in [1.807, 2.05) is 24.0 Å². The molecule has 1 saturated heterocycles. The van der Waals surface area contributed by atoms with Gasteiger partial charge in [-0.25, -0.2) is 0 Å². The van der Waals surface area contributed by atoms with Crippen molar-refractivity contribution in [2.75, 3.05) is 18.4 Å². The number of benzene rings is 1. The third-order valence-corrected chi connectivity index (χ3v) is 4.99. The van der Waals surface area contributed by atoms with Crippen molar-refractivity contribution in [1.29, 1.82) is 0 Å². The van der Waals surface area contributed by atoms with Crippen LogP contribution in [-0.2, 0) is 0 Å². The fourth-order valence-electron chi connectivity index (χ4n) is 3.71. The van der Waals surface area contributed by atoms with Gasteiger partial charge in [0.05, 0.1) is 11.8 Å². The summed E-state index contributed by atoms with van der Waals surface area (Å²) in [7, 11) is 0. The Kier molecular flexibility index (Phi) is 5.16. The van der Waals surface area contributed by atoms with Gasteiger partial charge in [0.2, 0.25) is 0 Å². The van der Waals surface area contributed by atoms with E-state index in [-0.39, 0.29) is 11.8 Å². The van der Waals surface area contributed by atoms with Crippen molar-refractivity contribution in [2.45, 2.75) is 34.1 Å². The summed E-state index contributed by atoms with van der Waals surface area (Å²) in [6.45, 7) is 9.60. The van der Waals surface area contributed by atoms with Crippen molar-refractivity contribution < 1.29 is 14.0 Å². The van der Waals surface area contributed by atoms with Crippen molar-refractivity contribution in [1.82, 2.24) is 4.90 Å². The van der Waals surface area contributed by atoms with Gasteiger partial charge in [0.25, 0.3) is 11.8 Å². The molecule has 1 aromatic heterocycles. The van der Waals surface area contributed by atoms with Gasteiger partial charge in [0, 0.05) is 24.3 Å². The molecule has 5 nitrogen and oxygen atoms in total. The van der Waals surface area contributed by atoms with Gasteiger partial charge in [0.1, 0.15) is 5.76 Å². The monoisotopic (exact) mass is 354 g/mol. The Balaban J connectivity index is 1.80. The number of rotatable bonds is 3. The smallest absolute Gasteiger partial charge is 0.259 e. The Labute approximate surface area is 154 Å². The van der Waals surface area contributed by atoms with Crippen LogP contribution >= 0.6 is 0 Å². The van der Waals surface area contributed by atoms with E-state index in [9.17, 15) is 9.59 Å². The summed E-state index contributed by atoms with van der Waals surface area (Å²) in [5, 5.41) is 2.90. The number of hydrogen-bond acceptors (Lipinski definition) is 3. The molecule has 26 heavy (non-hydrogen) atoms. The predicted molar refractivity (Wildman–Crippen MR) is 101 cm³/mol. The molecule has 1 aromatic carbocycles. The van der Waals surface area contributed by atoms with Gasteiger partial charge in [0.15, 0.2) is 0 Å². The molecule has 0 spiro atoms. The molecular weight excluding hydrogens is 328 g/mol. The normalized spacial score (nSPS) is 20.1. The lowest BCUT2D eigenvalue weighted by atomic mass is 9.91. The highest BCUT2D eigenvalue weighted by Crippen LogP contribution is 2.25. The maximum Gasteiger partial charge on any atom is 0.259 e. The van der Waals surface area contributed by atoms with E-state index >= 15 is 0 Å². The number of furan rings is 1. The zero-order valence-corrected chi connectivity index (χ0v) is 15.8. The average molecular weight is 354 g/mol. The molecule has 1 fully saturated rings. The fourth-order valence-corrected chi connectivity index (χ4v) is 3.71. The fraction of sp³-hybridized carbons (Fsp3) is 0.429. The van der Waals surface area contributed by atoms with Crippen LogP contribution in [0.15, 0.2) is 34.9 Å². The molecule has 5 heteroatoms. The summed E-state index contributed by atoms with van der Waals surface area (Å²) < 4.78 is 5.19. The second kappa shape index (κ2) is 7.36. The molecule has 0 radical (unpaired) electrons. The van der Waals surface area contributed by atoms with Crippen molar-refractivity contribution in [3.05, 3.63) is 53.0 Å². The lowest BCUT2D eigenvalue weighted by Crippen LogP contribution is -2.42. The summed E-state index contributed by atoms with van der Waals surface area (Å²) in [5.41, 5.74) is 2.67. The van der Waals surface area contributed by atoms with Crippen LogP contribution < -0.4 is 5.32 Å². The summed E-state index contributed by atoms with van der Waals surface area (Å²) >= 11 is 0. The van der Waals surface area contributed by atoms with Gasteiger partial charge in [-0.2, -0.15) is 0 Å². The molecule has 0 aliphatic carbocycles. The Morgan fingerprint density at radius 3 is 2.42 bits per heavy atom. The Morgan fingerprint density at radius 2 is 1.81 bits per heavy atom. The first kappa shape index (κ1) is 18.2. The molecule has 138 valence electrons. The van der Waals surface area contributed by atoms with Crippen molar-refractivity contribution in [2.24, 2.45) is 11.8 Å². The number of nitrogens with zero attached hydrogens (tertiary/aromatic N) is 1. The van der Waals surface area contributed by atoms with Gasteiger partial charge in [-0.3, -0.25) is 9.59 Å². The van der Waals surface area contributed by atoms with Crippen LogP contribution in [0.5, 0.6) is 0 Å². The van der Waals surface area contributed by atoms with Crippen molar-refractivity contribution in [3.63, 3.8) is 0 Å². The third kappa shape index (κ3) is 3.82. The topological polar surface area (TPSA) is 62.6 Å². The largest absolute Gasteiger partial charge is 0.469 e. The van der Waals surface area contributed by atoms with E-state index in [0.29, 0.717) is 34.4 Å². The van der Waals surface area contributed by atoms with Crippen LogP contribution in [0, 0.1) is 25.7 Å². The van der Waals surface area contributed by atoms with Crippen molar-refractivity contribution >= 4 is 17.5 Å². The number of amides is 2. The van der Waals surface area contributed by atoms with E-state index in [1.165, 1.54) is 6.26 Å². The number of hydrogen-bond donors (Lipinski definition) is 1. The lowest BCUT2D eigenvalue weighted by Gasteiger charge is -2.35. The van der Waals surface area contributed by atoms with Gasteiger partial charge >= 0.3 is 0 Å². The quantitative estimate of drug-likeness (QED) is 0.895. The number of carbonyl (C=O) groups excluding carboxylic acids is 2. The van der Waals surface area contributed by atoms with Crippen LogP contribution in [0.3, 0.4) is 0 Å². The minimum absolute atomic E-state index is 0.0263. The highest BCUT2D eigenvalue weighted by atomic mass is 16.3. The first-order chi connectivity index (χ1) is 12.3. The summed E-state index contributed by atoms with van der Waals surface area (Å²) in [6.07, 6.45) is 2.65. The predicted octanol–water partition coefficient (Wildman–Crippen LogP) is 4.27. The van der Waals surface area contributed by atoms with Crippen LogP contribution in [0.2, 0.25) is 0 Å². The van der Waals surface area contributed by atoms with Gasteiger partial charge in [-0.05, 0) is 55.9 Å². The average Bonchev–Trinajstić information content (AvgIpc) is 3.01. The zero-order chi connectivity index (χ0) is 18.8. The highest BCUT2D eigenvalue weighted by molar-refractivity contribution is 6.06. The Bertz CT molecular complexity index is 814. The van der Waals surface area contributed by atoms with E-state index in [1.54, 1.807) is 19.1 Å². The van der Waals surface area contributed by atoms with Crippen LogP contribution in [0.1, 0.15) is 52.3 Å².